The Labute approximate surface area is 306 Å². The molecule has 1 amide bonds. The Kier molecular flexibility index (Phi) is 14.7. The quantitative estimate of drug-likeness (QED) is 0.0384. The summed E-state index contributed by atoms with van der Waals surface area (Å²) in [6.07, 6.45) is 1.46. The van der Waals surface area contributed by atoms with Crippen molar-refractivity contribution in [1.29, 1.82) is 5.41 Å². The number of benzene rings is 3. The van der Waals surface area contributed by atoms with E-state index in [2.05, 4.69) is 0 Å². The van der Waals surface area contributed by atoms with Crippen molar-refractivity contribution in [2.75, 3.05) is 38.4 Å². The maximum atomic E-state index is 12.8. The smallest absolute Gasteiger partial charge is 0.509 e. The molecule has 0 saturated heterocycles. The summed E-state index contributed by atoms with van der Waals surface area (Å²) in [6, 6.07) is 21.8. The van der Waals surface area contributed by atoms with Gasteiger partial charge in [-0.05, 0) is 68.1 Å². The predicted molar refractivity (Wildman–Crippen MR) is 200 cm³/mol. The molecule has 3 aromatic rings. The molecule has 1 fully saturated rings. The third kappa shape index (κ3) is 10.7. The van der Waals surface area contributed by atoms with Gasteiger partial charge in [0.1, 0.15) is 24.6 Å². The highest BCUT2D eigenvalue weighted by Crippen LogP contribution is 2.45. The predicted octanol–water partition coefficient (Wildman–Crippen LogP) is 7.05. The van der Waals surface area contributed by atoms with Crippen LogP contribution in [0, 0.1) is 11.3 Å². The first-order valence-corrected chi connectivity index (χ1v) is 20.3. The van der Waals surface area contributed by atoms with E-state index in [0.29, 0.717) is 46.9 Å². The standard InChI is InChI=1S/C36H43N3O9S3/c1-25(40)32(26-9-4-3-5-10-26)33(38)27-14-16-31(17-15-27)51(43,44)39-34(41)46-19-21-49-50-22-20-47-35(42)48-36(18-7-6-11-29(36)24-37)28-12-8-13-30(23-28)45-2/h3-5,8-10,12-17,23,29,38,40H,6-7,11,18-22,24,37H2,1-2H3,(H,39,41)/b32-25-,38-33?/t29-,36+/m1/s1. The first-order valence-electron chi connectivity index (χ1n) is 16.3. The second kappa shape index (κ2) is 18.9. The van der Waals surface area contributed by atoms with Gasteiger partial charge in [0.05, 0.1) is 23.5 Å². The molecule has 4 rings (SSSR count). The maximum absolute atomic E-state index is 12.8. The number of nitrogens with two attached hydrogens (primary N) is 1. The van der Waals surface area contributed by atoms with Crippen molar-refractivity contribution in [1.82, 2.24) is 4.72 Å². The number of rotatable bonds is 16. The van der Waals surface area contributed by atoms with Crippen molar-refractivity contribution in [3.63, 3.8) is 0 Å². The average Bonchev–Trinajstić information content (AvgIpc) is 3.13. The number of allylic oxidation sites excluding steroid dienone is 2. The van der Waals surface area contributed by atoms with E-state index in [-0.39, 0.29) is 35.5 Å². The van der Waals surface area contributed by atoms with Crippen molar-refractivity contribution in [3.8, 4) is 5.75 Å². The van der Waals surface area contributed by atoms with E-state index in [1.54, 1.807) is 31.4 Å². The van der Waals surface area contributed by atoms with Crippen LogP contribution < -0.4 is 15.2 Å². The third-order valence-corrected chi connectivity index (χ3v) is 12.0. The highest BCUT2D eigenvalue weighted by atomic mass is 33.1. The topological polar surface area (TPSA) is 187 Å². The van der Waals surface area contributed by atoms with E-state index in [1.165, 1.54) is 52.8 Å². The first-order chi connectivity index (χ1) is 24.5. The van der Waals surface area contributed by atoms with Crippen LogP contribution in [-0.4, -0.2) is 69.9 Å². The van der Waals surface area contributed by atoms with Crippen LogP contribution in [0.2, 0.25) is 0 Å². The fraction of sp³-hybridized carbons (Fsp3) is 0.361. The lowest BCUT2D eigenvalue weighted by Crippen LogP contribution is -2.45. The van der Waals surface area contributed by atoms with Crippen molar-refractivity contribution >= 4 is 55.1 Å². The highest BCUT2D eigenvalue weighted by Gasteiger charge is 2.46. The molecule has 0 aliphatic heterocycles. The number of aliphatic hydroxyl groups is 1. The Balaban J connectivity index is 1.17. The van der Waals surface area contributed by atoms with Gasteiger partial charge in [0.25, 0.3) is 10.0 Å². The number of hydrogen-bond donors (Lipinski definition) is 4. The lowest BCUT2D eigenvalue weighted by atomic mass is 9.71. The minimum atomic E-state index is -4.24. The van der Waals surface area contributed by atoms with Crippen LogP contribution in [0.25, 0.3) is 5.57 Å². The van der Waals surface area contributed by atoms with Gasteiger partial charge in [-0.15, -0.1) is 0 Å². The first kappa shape index (κ1) is 39.6. The van der Waals surface area contributed by atoms with Crippen molar-refractivity contribution in [2.45, 2.75) is 43.1 Å². The second-order valence-electron chi connectivity index (χ2n) is 11.6. The van der Waals surface area contributed by atoms with E-state index in [1.807, 2.05) is 35.1 Å². The number of ether oxygens (including phenoxy) is 4. The molecule has 2 atom stereocenters. The van der Waals surface area contributed by atoms with E-state index in [0.717, 1.165) is 24.8 Å². The number of nitrogens with one attached hydrogen (secondary N) is 2. The number of amides is 1. The van der Waals surface area contributed by atoms with Crippen molar-refractivity contribution in [2.24, 2.45) is 11.7 Å². The Morgan fingerprint density at radius 2 is 1.65 bits per heavy atom. The minimum Gasteiger partial charge on any atom is -0.512 e. The molecular formula is C36H43N3O9S3. The lowest BCUT2D eigenvalue weighted by molar-refractivity contribution is -0.0901. The van der Waals surface area contributed by atoms with Gasteiger partial charge >= 0.3 is 12.2 Å². The molecule has 0 radical (unpaired) electrons. The van der Waals surface area contributed by atoms with Crippen LogP contribution in [0.15, 0.2) is 89.5 Å². The summed E-state index contributed by atoms with van der Waals surface area (Å²) in [6.45, 7) is 1.88. The van der Waals surface area contributed by atoms with Crippen LogP contribution >= 0.6 is 21.6 Å². The number of aliphatic hydroxyl groups excluding tert-OH is 1. The number of sulfonamides is 1. The SMILES string of the molecule is COc1cccc([C@@]2(OC(=O)OCCSSCCOC(=O)NS(=O)(=O)c3ccc(C(=N)/C(=C(/C)O)c4ccccc4)cc3)CCCC[C@@H]2CN)c1. The zero-order chi connectivity index (χ0) is 36.9. The molecular weight excluding hydrogens is 715 g/mol. The van der Waals surface area contributed by atoms with Gasteiger partial charge < -0.3 is 29.8 Å². The van der Waals surface area contributed by atoms with E-state index in [4.69, 9.17) is 30.1 Å². The van der Waals surface area contributed by atoms with Gasteiger partial charge in [-0.25, -0.2) is 22.7 Å². The fourth-order valence-electron chi connectivity index (χ4n) is 5.89. The molecule has 1 saturated carbocycles. The summed E-state index contributed by atoms with van der Waals surface area (Å²) >= 11 is 0. The molecule has 0 spiro atoms. The molecule has 1 aliphatic carbocycles. The molecule has 274 valence electrons. The third-order valence-electron chi connectivity index (χ3n) is 8.33. The molecule has 0 bridgehead atoms. The summed E-state index contributed by atoms with van der Waals surface area (Å²) in [5.41, 5.74) is 7.39. The monoisotopic (exact) mass is 757 g/mol. The molecule has 12 nitrogen and oxygen atoms in total. The minimum absolute atomic E-state index is 0.0114. The largest absolute Gasteiger partial charge is 0.512 e. The average molecular weight is 758 g/mol. The lowest BCUT2D eigenvalue weighted by Gasteiger charge is -2.43. The number of carbonyl (C=O) groups excluding carboxylic acids is 2. The molecule has 5 N–H and O–H groups in total. The molecule has 3 aromatic carbocycles. The Bertz CT molecular complexity index is 1780. The zero-order valence-electron chi connectivity index (χ0n) is 28.5. The van der Waals surface area contributed by atoms with Crippen LogP contribution in [0.5, 0.6) is 5.75 Å². The van der Waals surface area contributed by atoms with Gasteiger partial charge in [0.15, 0.2) is 0 Å². The van der Waals surface area contributed by atoms with Crippen molar-refractivity contribution < 1.29 is 42.1 Å². The number of carbonyl (C=O) groups is 2. The van der Waals surface area contributed by atoms with Gasteiger partial charge in [-0.1, -0.05) is 82.6 Å². The van der Waals surface area contributed by atoms with E-state index in [9.17, 15) is 23.1 Å². The highest BCUT2D eigenvalue weighted by molar-refractivity contribution is 8.76. The van der Waals surface area contributed by atoms with Crippen LogP contribution in [0.1, 0.15) is 49.3 Å². The van der Waals surface area contributed by atoms with E-state index < -0.39 is 27.9 Å². The molecule has 1 aliphatic rings. The number of hydrogen-bond acceptors (Lipinski definition) is 13. The molecule has 0 aromatic heterocycles. The molecule has 15 heteroatoms. The summed E-state index contributed by atoms with van der Waals surface area (Å²) in [5, 5.41) is 18.8. The zero-order valence-corrected chi connectivity index (χ0v) is 30.9. The van der Waals surface area contributed by atoms with Crippen LogP contribution in [0.4, 0.5) is 9.59 Å². The fourth-order valence-corrected chi connectivity index (χ4v) is 8.43. The summed E-state index contributed by atoms with van der Waals surface area (Å²) < 4.78 is 49.2. The Morgan fingerprint density at radius 3 is 2.29 bits per heavy atom. The Hall–Kier alpha value is -4.18. The van der Waals surface area contributed by atoms with Crippen molar-refractivity contribution in [3.05, 3.63) is 101 Å². The normalized spacial score (nSPS) is 17.8. The second-order valence-corrected chi connectivity index (χ2v) is 16.0. The summed E-state index contributed by atoms with van der Waals surface area (Å²) in [4.78, 5) is 24.9. The Morgan fingerprint density at radius 1 is 0.961 bits per heavy atom. The molecule has 0 heterocycles. The van der Waals surface area contributed by atoms with E-state index >= 15 is 0 Å². The number of methoxy groups -OCH3 is 1. The van der Waals surface area contributed by atoms with Crippen LogP contribution in [0.3, 0.4) is 0 Å². The van der Waals surface area contributed by atoms with Crippen LogP contribution in [-0.2, 0) is 29.8 Å². The van der Waals surface area contributed by atoms with Gasteiger partial charge in [0.2, 0.25) is 0 Å². The maximum Gasteiger partial charge on any atom is 0.509 e. The van der Waals surface area contributed by atoms with Gasteiger partial charge in [0, 0.05) is 28.6 Å². The molecule has 51 heavy (non-hydrogen) atoms. The molecule has 0 unspecified atom stereocenters. The summed E-state index contributed by atoms with van der Waals surface area (Å²) in [5.74, 6) is 1.36. The summed E-state index contributed by atoms with van der Waals surface area (Å²) in [7, 11) is 0.109. The van der Waals surface area contributed by atoms with Gasteiger partial charge in [-0.2, -0.15) is 0 Å². The van der Waals surface area contributed by atoms with Gasteiger partial charge in [-0.3, -0.25) is 5.41 Å².